The van der Waals surface area contributed by atoms with Gasteiger partial charge in [-0.3, -0.25) is 4.79 Å². The Bertz CT molecular complexity index is 1000. The van der Waals surface area contributed by atoms with Crippen molar-refractivity contribution < 1.29 is 18.7 Å². The van der Waals surface area contributed by atoms with E-state index in [0.717, 1.165) is 0 Å². The van der Waals surface area contributed by atoms with E-state index in [-0.39, 0.29) is 18.2 Å². The molecule has 0 atom stereocenters. The fourth-order valence-corrected chi connectivity index (χ4v) is 3.14. The predicted octanol–water partition coefficient (Wildman–Crippen LogP) is 4.05. The van der Waals surface area contributed by atoms with E-state index in [1.807, 2.05) is 22.6 Å². The smallest absolute Gasteiger partial charge is 0.358 e. The topological polar surface area (TPSA) is 73.2 Å². The van der Waals surface area contributed by atoms with E-state index in [9.17, 15) is 14.0 Å². The van der Waals surface area contributed by atoms with Crippen LogP contribution in [0.2, 0.25) is 0 Å². The quantitative estimate of drug-likeness (QED) is 0.443. The number of benzene rings is 2. The third kappa shape index (κ3) is 4.33. The summed E-state index contributed by atoms with van der Waals surface area (Å²) in [6.07, 6.45) is 1.61. The fourth-order valence-electron chi connectivity index (χ4n) is 2.41. The zero-order valence-electron chi connectivity index (χ0n) is 14.3. The van der Waals surface area contributed by atoms with Gasteiger partial charge < -0.3 is 10.1 Å². The highest BCUT2D eigenvalue weighted by atomic mass is 127. The molecule has 0 aliphatic heterocycles. The van der Waals surface area contributed by atoms with E-state index in [4.69, 9.17) is 4.74 Å². The number of para-hydroxylation sites is 2. The number of anilines is 1. The Labute approximate surface area is 168 Å². The number of aromatic nitrogens is 2. The van der Waals surface area contributed by atoms with Crippen LogP contribution < -0.4 is 5.32 Å². The molecule has 1 amide bonds. The first kappa shape index (κ1) is 19.0. The van der Waals surface area contributed by atoms with Crippen LogP contribution in [0.15, 0.2) is 54.7 Å². The van der Waals surface area contributed by atoms with E-state index >= 15 is 0 Å². The van der Waals surface area contributed by atoms with Crippen LogP contribution in [0.3, 0.4) is 0 Å². The van der Waals surface area contributed by atoms with Gasteiger partial charge in [-0.05, 0) is 65.9 Å². The molecule has 0 spiro atoms. The van der Waals surface area contributed by atoms with Gasteiger partial charge in [0.1, 0.15) is 5.82 Å². The van der Waals surface area contributed by atoms with Gasteiger partial charge in [0.25, 0.3) is 5.91 Å². The van der Waals surface area contributed by atoms with Gasteiger partial charge in [-0.1, -0.05) is 12.1 Å². The van der Waals surface area contributed by atoms with Crippen LogP contribution in [0.5, 0.6) is 0 Å². The Balaban J connectivity index is 1.88. The lowest BCUT2D eigenvalue weighted by molar-refractivity contribution is 0.0519. The molecule has 6 nitrogen and oxygen atoms in total. The molecule has 27 heavy (non-hydrogen) atoms. The Morgan fingerprint density at radius 2 is 2.00 bits per heavy atom. The number of hydrogen-bond acceptors (Lipinski definition) is 4. The Kier molecular flexibility index (Phi) is 5.84. The second kappa shape index (κ2) is 8.30. The van der Waals surface area contributed by atoms with Gasteiger partial charge in [-0.15, -0.1) is 0 Å². The minimum Gasteiger partial charge on any atom is -0.461 e. The molecule has 1 heterocycles. The second-order valence-corrected chi connectivity index (χ2v) is 6.62. The van der Waals surface area contributed by atoms with E-state index in [0.29, 0.717) is 20.5 Å². The third-order valence-corrected chi connectivity index (χ3v) is 4.54. The van der Waals surface area contributed by atoms with E-state index in [1.54, 1.807) is 43.5 Å². The number of ether oxygens (including phenoxy) is 1. The lowest BCUT2D eigenvalue weighted by atomic mass is 10.2. The summed E-state index contributed by atoms with van der Waals surface area (Å²) < 4.78 is 20.2. The van der Waals surface area contributed by atoms with Gasteiger partial charge in [0.2, 0.25) is 0 Å². The minimum atomic E-state index is -0.515. The fraction of sp³-hybridized carbons (Fsp3) is 0.105. The molecule has 0 bridgehead atoms. The first-order valence-corrected chi connectivity index (χ1v) is 9.16. The summed E-state index contributed by atoms with van der Waals surface area (Å²) >= 11 is 1.91. The zero-order valence-corrected chi connectivity index (χ0v) is 16.4. The van der Waals surface area contributed by atoms with Crippen molar-refractivity contribution >= 4 is 40.2 Å². The summed E-state index contributed by atoms with van der Waals surface area (Å²) in [4.78, 5) is 24.4. The monoisotopic (exact) mass is 479 g/mol. The summed E-state index contributed by atoms with van der Waals surface area (Å²) in [6.45, 7) is 1.98. The van der Waals surface area contributed by atoms with Crippen molar-refractivity contribution in [3.05, 3.63) is 75.4 Å². The summed E-state index contributed by atoms with van der Waals surface area (Å²) in [5, 5.41) is 7.01. The van der Waals surface area contributed by atoms with Crippen molar-refractivity contribution in [2.24, 2.45) is 0 Å². The van der Waals surface area contributed by atoms with Crippen LogP contribution >= 0.6 is 22.6 Å². The van der Waals surface area contributed by atoms with Crippen LogP contribution in [0.25, 0.3) is 5.69 Å². The van der Waals surface area contributed by atoms with Crippen LogP contribution in [-0.2, 0) is 4.74 Å². The van der Waals surface area contributed by atoms with Gasteiger partial charge in [0, 0.05) is 9.77 Å². The molecule has 0 radical (unpaired) electrons. The molecular weight excluding hydrogens is 464 g/mol. The van der Waals surface area contributed by atoms with Crippen LogP contribution in [-0.4, -0.2) is 28.3 Å². The van der Waals surface area contributed by atoms with Crippen molar-refractivity contribution in [3.8, 4) is 5.69 Å². The standard InChI is InChI=1S/C19H15FIN3O3/c1-2-27-19(26)16-9-10-24(23-16)17-6-4-3-5-15(17)22-18(25)13-8-7-12(20)11-14(13)21/h3-11H,2H2,1H3,(H,22,25). The van der Waals surface area contributed by atoms with Gasteiger partial charge >= 0.3 is 5.97 Å². The summed E-state index contributed by atoms with van der Waals surface area (Å²) in [6, 6.07) is 12.5. The highest BCUT2D eigenvalue weighted by molar-refractivity contribution is 14.1. The van der Waals surface area contributed by atoms with Crippen LogP contribution in [0.1, 0.15) is 27.8 Å². The Morgan fingerprint density at radius 3 is 2.74 bits per heavy atom. The maximum absolute atomic E-state index is 13.3. The first-order chi connectivity index (χ1) is 13.0. The molecule has 1 aromatic heterocycles. The lowest BCUT2D eigenvalue weighted by Crippen LogP contribution is -2.15. The molecular formula is C19H15FIN3O3. The summed E-state index contributed by atoms with van der Waals surface area (Å²) in [5.74, 6) is -1.29. The van der Waals surface area contributed by atoms with E-state index < -0.39 is 11.8 Å². The molecule has 0 unspecified atom stereocenters. The summed E-state index contributed by atoms with van der Waals surface area (Å²) in [7, 11) is 0. The lowest BCUT2D eigenvalue weighted by Gasteiger charge is -2.12. The molecule has 0 fully saturated rings. The number of carbonyl (C=O) groups excluding carboxylic acids is 2. The molecule has 0 saturated heterocycles. The van der Waals surface area contributed by atoms with E-state index in [2.05, 4.69) is 10.4 Å². The van der Waals surface area contributed by atoms with Crippen LogP contribution in [0.4, 0.5) is 10.1 Å². The number of halogens is 2. The maximum Gasteiger partial charge on any atom is 0.358 e. The molecule has 3 rings (SSSR count). The predicted molar refractivity (Wildman–Crippen MR) is 107 cm³/mol. The average Bonchev–Trinajstić information content (AvgIpc) is 3.12. The van der Waals surface area contributed by atoms with Crippen molar-refractivity contribution in [2.75, 3.05) is 11.9 Å². The van der Waals surface area contributed by atoms with Gasteiger partial charge in [-0.25, -0.2) is 13.9 Å². The Hall–Kier alpha value is -2.75. The molecule has 2 aromatic carbocycles. The molecule has 1 N–H and O–H groups in total. The van der Waals surface area contributed by atoms with Gasteiger partial charge in [0.15, 0.2) is 5.69 Å². The maximum atomic E-state index is 13.3. The molecule has 8 heteroatoms. The van der Waals surface area contributed by atoms with Gasteiger partial charge in [0.05, 0.1) is 23.5 Å². The minimum absolute atomic E-state index is 0.172. The highest BCUT2D eigenvalue weighted by Gasteiger charge is 2.15. The number of rotatable bonds is 5. The Morgan fingerprint density at radius 1 is 1.22 bits per heavy atom. The largest absolute Gasteiger partial charge is 0.461 e. The van der Waals surface area contributed by atoms with Crippen molar-refractivity contribution in [2.45, 2.75) is 6.92 Å². The molecule has 0 aliphatic carbocycles. The normalized spacial score (nSPS) is 10.5. The first-order valence-electron chi connectivity index (χ1n) is 8.08. The van der Waals surface area contributed by atoms with Crippen molar-refractivity contribution in [3.63, 3.8) is 0 Å². The van der Waals surface area contributed by atoms with Crippen LogP contribution in [0, 0.1) is 9.39 Å². The second-order valence-electron chi connectivity index (χ2n) is 5.46. The zero-order chi connectivity index (χ0) is 19.4. The van der Waals surface area contributed by atoms with Crippen molar-refractivity contribution in [1.29, 1.82) is 0 Å². The number of nitrogens with zero attached hydrogens (tertiary/aromatic N) is 2. The number of esters is 1. The molecule has 138 valence electrons. The number of carbonyl (C=O) groups is 2. The molecule has 0 saturated carbocycles. The van der Waals surface area contributed by atoms with E-state index in [1.165, 1.54) is 22.9 Å². The van der Waals surface area contributed by atoms with Crippen molar-refractivity contribution in [1.82, 2.24) is 9.78 Å². The third-order valence-electron chi connectivity index (χ3n) is 3.65. The van der Waals surface area contributed by atoms with Gasteiger partial charge in [-0.2, -0.15) is 5.10 Å². The number of nitrogens with one attached hydrogen (secondary N) is 1. The SMILES string of the molecule is CCOC(=O)c1ccn(-c2ccccc2NC(=O)c2ccc(F)cc2I)n1. The average molecular weight is 479 g/mol. The highest BCUT2D eigenvalue weighted by Crippen LogP contribution is 2.22. The molecule has 0 aliphatic rings. The molecule has 3 aromatic rings. The number of hydrogen-bond donors (Lipinski definition) is 1. The number of amides is 1. The summed E-state index contributed by atoms with van der Waals surface area (Å²) in [5.41, 5.74) is 1.62.